The SMILES string of the molecule is NC1CCC2CN(S(=O)(=O)c3cccc(Cl)c3F)CC12. The number of hydrogen-bond donors (Lipinski definition) is 1. The van der Waals surface area contributed by atoms with Crippen molar-refractivity contribution in [3.05, 3.63) is 29.0 Å². The Kier molecular flexibility index (Phi) is 3.52. The number of sulfonamides is 1. The molecule has 4 nitrogen and oxygen atoms in total. The normalized spacial score (nSPS) is 30.6. The van der Waals surface area contributed by atoms with Crippen molar-refractivity contribution in [1.82, 2.24) is 4.31 Å². The van der Waals surface area contributed by atoms with Crippen LogP contribution in [0.4, 0.5) is 4.39 Å². The van der Waals surface area contributed by atoms with Crippen LogP contribution in [0.15, 0.2) is 23.1 Å². The summed E-state index contributed by atoms with van der Waals surface area (Å²) in [5.41, 5.74) is 6.00. The quantitative estimate of drug-likeness (QED) is 0.905. The molecule has 110 valence electrons. The molecule has 3 atom stereocenters. The zero-order chi connectivity index (χ0) is 14.5. The first-order chi connectivity index (χ1) is 9.41. The van der Waals surface area contributed by atoms with Crippen molar-refractivity contribution in [3.8, 4) is 0 Å². The van der Waals surface area contributed by atoms with Gasteiger partial charge in [-0.15, -0.1) is 0 Å². The maximum absolute atomic E-state index is 14.0. The summed E-state index contributed by atoms with van der Waals surface area (Å²) in [6, 6.07) is 4.08. The lowest BCUT2D eigenvalue weighted by Gasteiger charge is -2.19. The second-order valence-corrected chi connectivity index (χ2v) is 7.85. The predicted molar refractivity (Wildman–Crippen MR) is 74.4 cm³/mol. The Morgan fingerprint density at radius 2 is 2.05 bits per heavy atom. The van der Waals surface area contributed by atoms with Crippen molar-refractivity contribution in [2.24, 2.45) is 17.6 Å². The van der Waals surface area contributed by atoms with Gasteiger partial charge in [-0.1, -0.05) is 17.7 Å². The van der Waals surface area contributed by atoms with Gasteiger partial charge in [0, 0.05) is 19.1 Å². The van der Waals surface area contributed by atoms with Crippen LogP contribution in [0.1, 0.15) is 12.8 Å². The maximum Gasteiger partial charge on any atom is 0.246 e. The van der Waals surface area contributed by atoms with Gasteiger partial charge >= 0.3 is 0 Å². The number of nitrogens with two attached hydrogens (primary N) is 1. The molecular formula is C13H16ClFN2O2S. The first-order valence-electron chi connectivity index (χ1n) is 6.61. The molecule has 1 aromatic carbocycles. The van der Waals surface area contributed by atoms with E-state index < -0.39 is 15.8 Å². The van der Waals surface area contributed by atoms with E-state index in [0.717, 1.165) is 12.8 Å². The smallest absolute Gasteiger partial charge is 0.246 e. The van der Waals surface area contributed by atoms with Crippen molar-refractivity contribution < 1.29 is 12.8 Å². The van der Waals surface area contributed by atoms with Crippen molar-refractivity contribution in [2.75, 3.05) is 13.1 Å². The fourth-order valence-electron chi connectivity index (χ4n) is 3.29. The first-order valence-corrected chi connectivity index (χ1v) is 8.43. The highest BCUT2D eigenvalue weighted by molar-refractivity contribution is 7.89. The third-order valence-electron chi connectivity index (χ3n) is 4.41. The second-order valence-electron chi connectivity index (χ2n) is 5.54. The van der Waals surface area contributed by atoms with Gasteiger partial charge in [-0.2, -0.15) is 4.31 Å². The average molecular weight is 319 g/mol. The summed E-state index contributed by atoms with van der Waals surface area (Å²) in [6.45, 7) is 0.798. The largest absolute Gasteiger partial charge is 0.327 e. The minimum absolute atomic E-state index is 0.0457. The lowest BCUT2D eigenvalue weighted by atomic mass is 9.98. The van der Waals surface area contributed by atoms with Gasteiger partial charge in [-0.25, -0.2) is 12.8 Å². The van der Waals surface area contributed by atoms with Crippen molar-refractivity contribution in [3.63, 3.8) is 0 Å². The van der Waals surface area contributed by atoms with Gasteiger partial charge in [0.05, 0.1) is 5.02 Å². The van der Waals surface area contributed by atoms with Crippen LogP contribution in [0.3, 0.4) is 0 Å². The van der Waals surface area contributed by atoms with E-state index in [9.17, 15) is 12.8 Å². The van der Waals surface area contributed by atoms with Crippen LogP contribution in [0, 0.1) is 17.7 Å². The van der Waals surface area contributed by atoms with E-state index in [1.807, 2.05) is 0 Å². The Bertz CT molecular complexity index is 637. The Balaban J connectivity index is 1.92. The van der Waals surface area contributed by atoms with Crippen LogP contribution < -0.4 is 5.73 Å². The van der Waals surface area contributed by atoms with Gasteiger partial charge in [0.1, 0.15) is 4.90 Å². The Labute approximate surface area is 122 Å². The molecule has 1 aliphatic carbocycles. The molecule has 1 aromatic rings. The summed E-state index contributed by atoms with van der Waals surface area (Å²) in [4.78, 5) is -0.349. The van der Waals surface area contributed by atoms with Gasteiger partial charge < -0.3 is 5.73 Å². The van der Waals surface area contributed by atoms with Gasteiger partial charge in [0.25, 0.3) is 0 Å². The van der Waals surface area contributed by atoms with E-state index >= 15 is 0 Å². The fourth-order valence-corrected chi connectivity index (χ4v) is 5.14. The number of fused-ring (bicyclic) bond motifs is 1. The Morgan fingerprint density at radius 3 is 2.75 bits per heavy atom. The van der Waals surface area contributed by atoms with Crippen LogP contribution in [-0.4, -0.2) is 31.9 Å². The lowest BCUT2D eigenvalue weighted by Crippen LogP contribution is -2.33. The summed E-state index contributed by atoms with van der Waals surface area (Å²) in [7, 11) is -3.84. The van der Waals surface area contributed by atoms with Gasteiger partial charge in [-0.05, 0) is 36.8 Å². The highest BCUT2D eigenvalue weighted by Gasteiger charge is 2.45. The predicted octanol–water partition coefficient (Wildman–Crippen LogP) is 1.84. The van der Waals surface area contributed by atoms with Crippen molar-refractivity contribution in [1.29, 1.82) is 0 Å². The molecule has 1 aliphatic heterocycles. The van der Waals surface area contributed by atoms with E-state index in [4.69, 9.17) is 17.3 Å². The van der Waals surface area contributed by atoms with E-state index in [-0.39, 0.29) is 21.9 Å². The molecular weight excluding hydrogens is 303 g/mol. The minimum Gasteiger partial charge on any atom is -0.327 e. The maximum atomic E-state index is 14.0. The van der Waals surface area contributed by atoms with E-state index in [0.29, 0.717) is 19.0 Å². The average Bonchev–Trinajstić information content (AvgIpc) is 2.96. The molecule has 1 heterocycles. The number of benzene rings is 1. The van der Waals surface area contributed by atoms with Gasteiger partial charge in [0.2, 0.25) is 10.0 Å². The van der Waals surface area contributed by atoms with Crippen LogP contribution in [-0.2, 0) is 10.0 Å². The molecule has 0 bridgehead atoms. The first kappa shape index (κ1) is 14.3. The Morgan fingerprint density at radius 1 is 1.30 bits per heavy atom. The zero-order valence-corrected chi connectivity index (χ0v) is 12.4. The molecule has 2 N–H and O–H groups in total. The lowest BCUT2D eigenvalue weighted by molar-refractivity contribution is 0.424. The second kappa shape index (κ2) is 4.94. The van der Waals surface area contributed by atoms with Gasteiger partial charge in [0.15, 0.2) is 5.82 Å². The molecule has 20 heavy (non-hydrogen) atoms. The summed E-state index contributed by atoms with van der Waals surface area (Å²) < 4.78 is 40.4. The third kappa shape index (κ3) is 2.15. The molecule has 0 radical (unpaired) electrons. The summed E-state index contributed by atoms with van der Waals surface area (Å²) in [5.74, 6) is -0.399. The molecule has 2 fully saturated rings. The molecule has 0 amide bonds. The van der Waals surface area contributed by atoms with E-state index in [2.05, 4.69) is 0 Å². The molecule has 3 unspecified atom stereocenters. The summed E-state index contributed by atoms with van der Waals surface area (Å²) >= 11 is 5.67. The van der Waals surface area contributed by atoms with Crippen molar-refractivity contribution in [2.45, 2.75) is 23.8 Å². The van der Waals surface area contributed by atoms with Gasteiger partial charge in [-0.3, -0.25) is 0 Å². The van der Waals surface area contributed by atoms with E-state index in [1.54, 1.807) is 0 Å². The number of hydrogen-bond acceptors (Lipinski definition) is 3. The molecule has 0 spiro atoms. The number of halogens is 2. The summed E-state index contributed by atoms with van der Waals surface area (Å²) in [5, 5.41) is -0.179. The number of rotatable bonds is 2. The molecule has 0 aromatic heterocycles. The minimum atomic E-state index is -3.84. The van der Waals surface area contributed by atoms with Crippen LogP contribution in [0.2, 0.25) is 5.02 Å². The van der Waals surface area contributed by atoms with Crippen LogP contribution in [0.5, 0.6) is 0 Å². The standard InChI is InChI=1S/C13H16ClFN2O2S/c14-10-2-1-3-12(13(10)15)20(18,19)17-6-8-4-5-11(16)9(8)7-17/h1-3,8-9,11H,4-7,16H2. The highest BCUT2D eigenvalue weighted by atomic mass is 35.5. The highest BCUT2D eigenvalue weighted by Crippen LogP contribution is 2.39. The molecule has 2 aliphatic rings. The Hall–Kier alpha value is -0.690. The molecule has 1 saturated carbocycles. The topological polar surface area (TPSA) is 63.4 Å². The molecule has 3 rings (SSSR count). The van der Waals surface area contributed by atoms with E-state index in [1.165, 1.54) is 22.5 Å². The van der Waals surface area contributed by atoms with Crippen molar-refractivity contribution >= 4 is 21.6 Å². The molecule has 1 saturated heterocycles. The molecule has 7 heteroatoms. The zero-order valence-electron chi connectivity index (χ0n) is 10.8. The summed E-state index contributed by atoms with van der Waals surface area (Å²) in [6.07, 6.45) is 1.88. The monoisotopic (exact) mass is 318 g/mol. The third-order valence-corrected chi connectivity index (χ3v) is 6.55. The number of nitrogens with zero attached hydrogens (tertiary/aromatic N) is 1. The van der Waals surface area contributed by atoms with Crippen LogP contribution >= 0.6 is 11.6 Å². The fraction of sp³-hybridized carbons (Fsp3) is 0.538. The van der Waals surface area contributed by atoms with Crippen LogP contribution in [0.25, 0.3) is 0 Å².